The Morgan fingerprint density at radius 2 is 1.89 bits per heavy atom. The van der Waals surface area contributed by atoms with Crippen molar-refractivity contribution in [3.05, 3.63) is 0 Å². The van der Waals surface area contributed by atoms with Gasteiger partial charge in [0, 0.05) is 32.5 Å². The predicted molar refractivity (Wildman–Crippen MR) is 66.1 cm³/mol. The Kier molecular flexibility index (Phi) is 3.68. The average molecular weight is 271 g/mol. The van der Waals surface area contributed by atoms with Crippen LogP contribution in [0.1, 0.15) is 33.1 Å². The van der Waals surface area contributed by atoms with Crippen molar-refractivity contribution in [1.29, 1.82) is 0 Å². The summed E-state index contributed by atoms with van der Waals surface area (Å²) < 4.78 is 5.14. The van der Waals surface area contributed by atoms with E-state index in [2.05, 4.69) is 0 Å². The predicted octanol–water partition coefficient (Wildman–Crippen LogP) is -0.326. The van der Waals surface area contributed by atoms with E-state index in [1.165, 1.54) is 0 Å². The van der Waals surface area contributed by atoms with Crippen molar-refractivity contribution in [2.45, 2.75) is 44.8 Å². The third-order valence-electron chi connectivity index (χ3n) is 4.05. The molecule has 1 unspecified atom stereocenters. The van der Waals surface area contributed by atoms with E-state index in [0.717, 1.165) is 4.90 Å². The lowest BCUT2D eigenvalue weighted by molar-refractivity contribution is -0.154. The summed E-state index contributed by atoms with van der Waals surface area (Å²) in [6, 6.07) is 0. The topological polar surface area (TPSA) is 87.1 Å². The van der Waals surface area contributed by atoms with Gasteiger partial charge < -0.3 is 14.9 Å². The zero-order chi connectivity index (χ0) is 14.3. The Morgan fingerprint density at radius 1 is 1.32 bits per heavy atom. The van der Waals surface area contributed by atoms with Crippen LogP contribution >= 0.6 is 0 Å². The van der Waals surface area contributed by atoms with Crippen molar-refractivity contribution in [3.8, 4) is 0 Å². The number of nitrogens with zero attached hydrogens (tertiary/aromatic N) is 1. The first kappa shape index (κ1) is 14.4. The first-order valence-electron chi connectivity index (χ1n) is 6.59. The molecular weight excluding hydrogens is 250 g/mol. The number of carbonyl (C=O) groups is 2. The van der Waals surface area contributed by atoms with Gasteiger partial charge in [0.15, 0.2) is 0 Å². The number of ether oxygens (including phenoxy) is 1. The number of aliphatic hydroxyl groups excluding tert-OH is 1. The standard InChI is InChI=1S/C13H21NO5/c1-12(2)7-10(16)14(11(12)17)8-9(15)13(18)3-5-19-6-4-13/h9,15,18H,3-8H2,1-2H3. The Balaban J connectivity index is 2.04. The van der Waals surface area contributed by atoms with Gasteiger partial charge in [0.2, 0.25) is 11.8 Å². The van der Waals surface area contributed by atoms with E-state index in [1.54, 1.807) is 13.8 Å². The molecule has 0 bridgehead atoms. The van der Waals surface area contributed by atoms with E-state index in [-0.39, 0.29) is 24.8 Å². The summed E-state index contributed by atoms with van der Waals surface area (Å²) in [7, 11) is 0. The molecule has 0 aromatic rings. The van der Waals surface area contributed by atoms with Gasteiger partial charge >= 0.3 is 0 Å². The van der Waals surface area contributed by atoms with Crippen molar-refractivity contribution >= 4 is 11.8 Å². The van der Waals surface area contributed by atoms with Gasteiger partial charge in [0.1, 0.15) is 6.10 Å². The minimum atomic E-state index is -1.27. The molecule has 2 heterocycles. The maximum atomic E-state index is 12.0. The smallest absolute Gasteiger partial charge is 0.235 e. The molecule has 0 aliphatic carbocycles. The molecule has 0 aromatic heterocycles. The van der Waals surface area contributed by atoms with Crippen LogP contribution in [0.25, 0.3) is 0 Å². The highest BCUT2D eigenvalue weighted by molar-refractivity contribution is 6.05. The second-order valence-corrected chi connectivity index (χ2v) is 6.10. The van der Waals surface area contributed by atoms with Gasteiger partial charge in [0.05, 0.1) is 17.6 Å². The number of hydrogen-bond acceptors (Lipinski definition) is 5. The maximum Gasteiger partial charge on any atom is 0.235 e. The molecule has 0 aromatic carbocycles. The quantitative estimate of drug-likeness (QED) is 0.687. The second kappa shape index (κ2) is 4.85. The van der Waals surface area contributed by atoms with Crippen LogP contribution in [0, 0.1) is 5.41 Å². The minimum Gasteiger partial charge on any atom is -0.388 e. The number of amides is 2. The van der Waals surface area contributed by atoms with Crippen LogP contribution in [0.2, 0.25) is 0 Å². The SMILES string of the molecule is CC1(C)CC(=O)N(CC(O)C2(O)CCOCC2)C1=O. The number of aliphatic hydroxyl groups is 2. The van der Waals surface area contributed by atoms with Crippen LogP contribution in [-0.4, -0.2) is 58.4 Å². The third kappa shape index (κ3) is 2.66. The summed E-state index contributed by atoms with van der Waals surface area (Å²) in [6.07, 6.45) is -0.347. The molecule has 6 nitrogen and oxygen atoms in total. The molecule has 2 saturated heterocycles. The first-order valence-corrected chi connectivity index (χ1v) is 6.59. The van der Waals surface area contributed by atoms with E-state index in [4.69, 9.17) is 4.74 Å². The summed E-state index contributed by atoms with van der Waals surface area (Å²) in [4.78, 5) is 24.9. The molecule has 2 aliphatic rings. The maximum absolute atomic E-state index is 12.0. The van der Waals surface area contributed by atoms with Gasteiger partial charge in [0.25, 0.3) is 0 Å². The molecule has 2 amide bonds. The van der Waals surface area contributed by atoms with E-state index in [9.17, 15) is 19.8 Å². The van der Waals surface area contributed by atoms with E-state index in [0.29, 0.717) is 26.1 Å². The van der Waals surface area contributed by atoms with Crippen molar-refractivity contribution in [2.75, 3.05) is 19.8 Å². The summed E-state index contributed by atoms with van der Waals surface area (Å²) in [5.74, 6) is -0.572. The largest absolute Gasteiger partial charge is 0.388 e. The molecule has 6 heteroatoms. The highest BCUT2D eigenvalue weighted by Gasteiger charge is 2.47. The Bertz CT molecular complexity index is 386. The zero-order valence-electron chi connectivity index (χ0n) is 11.4. The number of β-amino-alcohol motifs (C(OH)–C–C–N with tert-alkyl or cyclic N) is 1. The fraction of sp³-hybridized carbons (Fsp3) is 0.846. The number of rotatable bonds is 3. The Morgan fingerprint density at radius 3 is 2.37 bits per heavy atom. The summed E-state index contributed by atoms with van der Waals surface area (Å²) in [5.41, 5.74) is -1.99. The molecule has 2 N–H and O–H groups in total. The van der Waals surface area contributed by atoms with E-state index >= 15 is 0 Å². The lowest BCUT2D eigenvalue weighted by atomic mass is 9.88. The fourth-order valence-electron chi connectivity index (χ4n) is 2.61. The Hall–Kier alpha value is -0.980. The van der Waals surface area contributed by atoms with Crippen LogP contribution < -0.4 is 0 Å². The molecule has 0 radical (unpaired) electrons. The molecule has 108 valence electrons. The monoisotopic (exact) mass is 271 g/mol. The van der Waals surface area contributed by atoms with Crippen LogP contribution in [-0.2, 0) is 14.3 Å². The minimum absolute atomic E-state index is 0.141. The highest BCUT2D eigenvalue weighted by Crippen LogP contribution is 2.33. The first-order chi connectivity index (χ1) is 8.76. The lowest BCUT2D eigenvalue weighted by Crippen LogP contribution is -2.53. The molecule has 1 atom stereocenters. The van der Waals surface area contributed by atoms with Crippen molar-refractivity contribution in [2.24, 2.45) is 5.41 Å². The molecule has 2 fully saturated rings. The Labute approximate surface area is 112 Å². The van der Waals surface area contributed by atoms with Gasteiger partial charge in [-0.1, -0.05) is 13.8 Å². The van der Waals surface area contributed by atoms with Crippen LogP contribution in [0.5, 0.6) is 0 Å². The number of hydrogen-bond donors (Lipinski definition) is 2. The summed E-state index contributed by atoms with van der Waals surface area (Å²) in [6.45, 7) is 4.03. The van der Waals surface area contributed by atoms with Crippen molar-refractivity contribution in [1.82, 2.24) is 4.90 Å². The summed E-state index contributed by atoms with van der Waals surface area (Å²) in [5, 5.41) is 20.5. The lowest BCUT2D eigenvalue weighted by Gasteiger charge is -2.37. The highest BCUT2D eigenvalue weighted by atomic mass is 16.5. The second-order valence-electron chi connectivity index (χ2n) is 6.10. The number of imide groups is 1. The summed E-state index contributed by atoms with van der Waals surface area (Å²) >= 11 is 0. The third-order valence-corrected chi connectivity index (χ3v) is 4.05. The molecule has 0 saturated carbocycles. The fourth-order valence-corrected chi connectivity index (χ4v) is 2.61. The van der Waals surface area contributed by atoms with Gasteiger partial charge in [-0.2, -0.15) is 0 Å². The molecule has 19 heavy (non-hydrogen) atoms. The van der Waals surface area contributed by atoms with Crippen molar-refractivity contribution < 1.29 is 24.5 Å². The van der Waals surface area contributed by atoms with Crippen LogP contribution in [0.3, 0.4) is 0 Å². The van der Waals surface area contributed by atoms with Crippen LogP contribution in [0.15, 0.2) is 0 Å². The van der Waals surface area contributed by atoms with Gasteiger partial charge in [-0.3, -0.25) is 14.5 Å². The number of likely N-dealkylation sites (tertiary alicyclic amines) is 1. The van der Waals surface area contributed by atoms with E-state index in [1.807, 2.05) is 0 Å². The molecule has 2 rings (SSSR count). The normalized spacial score (nSPS) is 27.7. The van der Waals surface area contributed by atoms with Gasteiger partial charge in [-0.15, -0.1) is 0 Å². The van der Waals surface area contributed by atoms with Crippen molar-refractivity contribution in [3.63, 3.8) is 0 Å². The zero-order valence-corrected chi connectivity index (χ0v) is 11.4. The van der Waals surface area contributed by atoms with E-state index < -0.39 is 17.1 Å². The molecule has 2 aliphatic heterocycles. The molecule has 0 spiro atoms. The van der Waals surface area contributed by atoms with Gasteiger partial charge in [-0.25, -0.2) is 0 Å². The molecular formula is C13H21NO5. The van der Waals surface area contributed by atoms with Crippen LogP contribution in [0.4, 0.5) is 0 Å². The van der Waals surface area contributed by atoms with Gasteiger partial charge in [-0.05, 0) is 0 Å². The number of carbonyl (C=O) groups excluding carboxylic acids is 2. The average Bonchev–Trinajstić information content (AvgIpc) is 2.52.